The predicted octanol–water partition coefficient (Wildman–Crippen LogP) is 4.92. The summed E-state index contributed by atoms with van der Waals surface area (Å²) in [5, 5.41) is 0.341. The Morgan fingerprint density at radius 2 is 1.81 bits per heavy atom. The summed E-state index contributed by atoms with van der Waals surface area (Å²) in [5.74, 6) is -2.12. The van der Waals surface area contributed by atoms with Crippen molar-refractivity contribution in [3.8, 4) is 0 Å². The number of halogens is 2. The lowest BCUT2D eigenvalue weighted by molar-refractivity contribution is 0.0666. The second-order valence-corrected chi connectivity index (χ2v) is 8.17. The Kier molecular flexibility index (Phi) is 5.35. The van der Waals surface area contributed by atoms with Gasteiger partial charge in [0.25, 0.3) is 11.5 Å². The normalized spacial score (nSPS) is 12.6. The smallest absolute Gasteiger partial charge is 0.255 e. The zero-order valence-corrected chi connectivity index (χ0v) is 17.5. The second kappa shape index (κ2) is 7.98. The topological polar surface area (TPSA) is 57.6 Å². The van der Waals surface area contributed by atoms with Gasteiger partial charge >= 0.3 is 0 Å². The number of aromatic nitrogens is 2. The van der Waals surface area contributed by atoms with Crippen molar-refractivity contribution in [1.82, 2.24) is 14.3 Å². The van der Waals surface area contributed by atoms with Crippen LogP contribution in [-0.4, -0.2) is 26.7 Å². The number of carbonyl (C=O) groups excluding carboxylic acids is 1. The zero-order chi connectivity index (χ0) is 22.3. The number of amides is 1. The van der Waals surface area contributed by atoms with Gasteiger partial charge in [-0.3, -0.25) is 9.59 Å². The lowest BCUT2D eigenvalue weighted by Crippen LogP contribution is -2.36. The first kappa shape index (κ1) is 20.8. The quantitative estimate of drug-likeness (QED) is 0.495. The molecule has 3 heterocycles. The molecule has 5 nitrogen and oxygen atoms in total. The van der Waals surface area contributed by atoms with E-state index in [9.17, 15) is 18.4 Å². The van der Waals surface area contributed by atoms with Crippen LogP contribution in [0.5, 0.6) is 0 Å². The fraction of sp³-hybridized carbons (Fsp3) is 0.250. The van der Waals surface area contributed by atoms with Gasteiger partial charge in [0.2, 0.25) is 0 Å². The van der Waals surface area contributed by atoms with Gasteiger partial charge < -0.3 is 14.3 Å². The Hall–Kier alpha value is -3.48. The lowest BCUT2D eigenvalue weighted by atomic mass is 9.99. The Labute approximate surface area is 177 Å². The third-order valence-electron chi connectivity index (χ3n) is 5.47. The van der Waals surface area contributed by atoms with Gasteiger partial charge in [-0.25, -0.2) is 8.78 Å². The van der Waals surface area contributed by atoms with Crippen LogP contribution in [0.2, 0.25) is 0 Å². The number of carbonyl (C=O) groups is 1. The molecule has 1 aromatic carbocycles. The summed E-state index contributed by atoms with van der Waals surface area (Å²) in [7, 11) is 0. The van der Waals surface area contributed by atoms with Gasteiger partial charge in [0.05, 0.1) is 17.0 Å². The summed E-state index contributed by atoms with van der Waals surface area (Å²) in [6.07, 6.45) is 5.12. The minimum absolute atomic E-state index is 0.0507. The van der Waals surface area contributed by atoms with Gasteiger partial charge in [-0.1, -0.05) is 19.9 Å². The molecule has 4 aromatic rings. The van der Waals surface area contributed by atoms with Crippen LogP contribution < -0.4 is 5.56 Å². The number of benzene rings is 1. The first-order valence-corrected chi connectivity index (χ1v) is 10.1. The first-order valence-electron chi connectivity index (χ1n) is 10.1. The van der Waals surface area contributed by atoms with Crippen molar-refractivity contribution in [1.29, 1.82) is 0 Å². The van der Waals surface area contributed by atoms with E-state index in [1.807, 2.05) is 55.6 Å². The monoisotopic (exact) mass is 423 g/mol. The second-order valence-electron chi connectivity index (χ2n) is 8.17. The van der Waals surface area contributed by atoms with E-state index in [1.54, 1.807) is 11.1 Å². The maximum Gasteiger partial charge on any atom is 0.255 e. The molecule has 1 N–H and O–H groups in total. The number of hydrogen-bond donors (Lipinski definition) is 1. The van der Waals surface area contributed by atoms with Gasteiger partial charge in [-0.2, -0.15) is 0 Å². The van der Waals surface area contributed by atoms with E-state index in [2.05, 4.69) is 4.98 Å². The highest BCUT2D eigenvalue weighted by Crippen LogP contribution is 2.29. The highest BCUT2D eigenvalue weighted by molar-refractivity contribution is 5.96. The lowest BCUT2D eigenvalue weighted by Gasteiger charge is -2.31. The molecular formula is C24H23F2N3O2. The van der Waals surface area contributed by atoms with Crippen molar-refractivity contribution in [3.05, 3.63) is 88.1 Å². The summed E-state index contributed by atoms with van der Waals surface area (Å²) < 4.78 is 29.6. The SMILES string of the molecule is CC(C)CN(C(=O)c1cc2ccccn2c1)[C@H](C)c1c[nH]c(=O)c2cc(F)c(F)cc12. The number of H-pyrrole nitrogens is 1. The van der Waals surface area contributed by atoms with Crippen LogP contribution in [0.1, 0.15) is 42.7 Å². The van der Waals surface area contributed by atoms with Crippen LogP contribution in [-0.2, 0) is 0 Å². The van der Waals surface area contributed by atoms with Crippen LogP contribution in [0.25, 0.3) is 16.3 Å². The third-order valence-corrected chi connectivity index (χ3v) is 5.47. The van der Waals surface area contributed by atoms with E-state index in [0.717, 1.165) is 17.6 Å². The molecule has 0 aliphatic heterocycles. The highest BCUT2D eigenvalue weighted by Gasteiger charge is 2.26. The Bertz CT molecular complexity index is 1310. The molecule has 0 bridgehead atoms. The van der Waals surface area contributed by atoms with Crippen molar-refractivity contribution in [2.24, 2.45) is 5.92 Å². The van der Waals surface area contributed by atoms with E-state index in [-0.39, 0.29) is 17.2 Å². The molecule has 0 saturated carbocycles. The predicted molar refractivity (Wildman–Crippen MR) is 116 cm³/mol. The Balaban J connectivity index is 1.81. The average Bonchev–Trinajstić information content (AvgIpc) is 3.17. The molecule has 1 atom stereocenters. The van der Waals surface area contributed by atoms with Crippen LogP contribution >= 0.6 is 0 Å². The standard InChI is InChI=1S/C24H23F2N3O2/c1-14(2)12-29(24(31)16-8-17-6-4-5-7-28(17)13-16)15(3)20-11-27-23(30)19-10-22(26)21(25)9-18(19)20/h4-11,13-15H,12H2,1-3H3,(H,27,30)/t15-/m1/s1. The van der Waals surface area contributed by atoms with Gasteiger partial charge in [0, 0.05) is 30.7 Å². The molecule has 3 aromatic heterocycles. The van der Waals surface area contributed by atoms with Crippen LogP contribution in [0.3, 0.4) is 0 Å². The van der Waals surface area contributed by atoms with E-state index in [4.69, 9.17) is 0 Å². The van der Waals surface area contributed by atoms with Crippen molar-refractivity contribution >= 4 is 22.2 Å². The van der Waals surface area contributed by atoms with Gasteiger partial charge in [0.15, 0.2) is 11.6 Å². The number of rotatable bonds is 5. The zero-order valence-electron chi connectivity index (χ0n) is 17.5. The van der Waals surface area contributed by atoms with Crippen LogP contribution in [0.4, 0.5) is 8.78 Å². The Morgan fingerprint density at radius 3 is 2.48 bits per heavy atom. The molecule has 0 radical (unpaired) electrons. The molecule has 0 aliphatic rings. The number of aromatic amines is 1. The summed E-state index contributed by atoms with van der Waals surface area (Å²) in [5.41, 5.74) is 1.47. The minimum atomic E-state index is -1.08. The summed E-state index contributed by atoms with van der Waals surface area (Å²) in [4.78, 5) is 30.0. The van der Waals surface area contributed by atoms with Crippen molar-refractivity contribution in [2.75, 3.05) is 6.54 Å². The largest absolute Gasteiger partial charge is 0.332 e. The number of fused-ring (bicyclic) bond motifs is 2. The molecule has 0 fully saturated rings. The van der Waals surface area contributed by atoms with E-state index < -0.39 is 23.2 Å². The van der Waals surface area contributed by atoms with E-state index in [1.165, 1.54) is 6.20 Å². The number of nitrogens with zero attached hydrogens (tertiary/aromatic N) is 2. The first-order chi connectivity index (χ1) is 14.8. The minimum Gasteiger partial charge on any atom is -0.332 e. The van der Waals surface area contributed by atoms with Gasteiger partial charge in [-0.15, -0.1) is 0 Å². The van der Waals surface area contributed by atoms with Crippen LogP contribution in [0, 0.1) is 17.6 Å². The summed E-state index contributed by atoms with van der Waals surface area (Å²) in [6.45, 7) is 6.29. The molecule has 0 aliphatic carbocycles. The molecule has 160 valence electrons. The molecule has 4 rings (SSSR count). The molecule has 0 spiro atoms. The summed E-state index contributed by atoms with van der Waals surface area (Å²) in [6, 6.07) is 8.96. The Morgan fingerprint density at radius 1 is 1.10 bits per heavy atom. The molecule has 0 unspecified atom stereocenters. The van der Waals surface area contributed by atoms with Crippen molar-refractivity contribution in [3.63, 3.8) is 0 Å². The molecule has 0 saturated heterocycles. The fourth-order valence-corrected chi connectivity index (χ4v) is 3.93. The number of pyridine rings is 2. The number of hydrogen-bond acceptors (Lipinski definition) is 2. The molecular weight excluding hydrogens is 400 g/mol. The van der Waals surface area contributed by atoms with Crippen LogP contribution in [0.15, 0.2) is 59.8 Å². The molecule has 31 heavy (non-hydrogen) atoms. The third kappa shape index (κ3) is 3.83. The highest BCUT2D eigenvalue weighted by atomic mass is 19.2. The van der Waals surface area contributed by atoms with Crippen molar-refractivity contribution < 1.29 is 13.6 Å². The fourth-order valence-electron chi connectivity index (χ4n) is 3.93. The maximum absolute atomic E-state index is 14.0. The molecule has 1 amide bonds. The maximum atomic E-state index is 14.0. The van der Waals surface area contributed by atoms with E-state index >= 15 is 0 Å². The number of nitrogens with one attached hydrogen (secondary N) is 1. The van der Waals surface area contributed by atoms with E-state index in [0.29, 0.717) is 23.1 Å². The summed E-state index contributed by atoms with van der Waals surface area (Å²) >= 11 is 0. The van der Waals surface area contributed by atoms with Gasteiger partial charge in [0.1, 0.15) is 0 Å². The van der Waals surface area contributed by atoms with Crippen molar-refractivity contribution in [2.45, 2.75) is 26.8 Å². The molecule has 7 heteroatoms. The van der Waals surface area contributed by atoms with Gasteiger partial charge in [-0.05, 0) is 54.1 Å². The average molecular weight is 423 g/mol.